The number of nitrogens with zero attached hydrogens (tertiary/aromatic N) is 4. The monoisotopic (exact) mass is 562 g/mol. The lowest BCUT2D eigenvalue weighted by molar-refractivity contribution is 0.0931. The zero-order valence-electron chi connectivity index (χ0n) is 19.9. The molecule has 3 rings (SSSR count). The van der Waals surface area contributed by atoms with Gasteiger partial charge in [0.1, 0.15) is 12.4 Å². The molecule has 2 atom stereocenters. The fourth-order valence-electron chi connectivity index (χ4n) is 3.20. The molecule has 33 heavy (non-hydrogen) atoms. The molecule has 0 aliphatic heterocycles. The number of aromatic nitrogens is 3. The van der Waals surface area contributed by atoms with Gasteiger partial charge in [0.25, 0.3) is 0 Å². The van der Waals surface area contributed by atoms with Crippen LogP contribution in [0.4, 0.5) is 0 Å². The minimum atomic E-state index is 0. The third-order valence-corrected chi connectivity index (χ3v) is 5.35. The number of nitrogens with one attached hydrogen (secondary N) is 2. The molecule has 8 heteroatoms. The molecule has 0 amide bonds. The summed E-state index contributed by atoms with van der Waals surface area (Å²) in [4.78, 5) is 4.76. The molecule has 178 valence electrons. The van der Waals surface area contributed by atoms with Crippen LogP contribution in [0.5, 0.6) is 0 Å². The van der Waals surface area contributed by atoms with E-state index in [1.807, 2.05) is 54.9 Å². The van der Waals surface area contributed by atoms with Crippen molar-refractivity contribution in [2.45, 2.75) is 40.0 Å². The molecule has 1 aromatic heterocycles. The van der Waals surface area contributed by atoms with Crippen molar-refractivity contribution >= 4 is 29.9 Å². The number of aryl methyl sites for hydroxylation is 1. The fourth-order valence-corrected chi connectivity index (χ4v) is 3.20. The minimum absolute atomic E-state index is 0. The Labute approximate surface area is 214 Å². The Hall–Kier alpha value is -2.46. The van der Waals surface area contributed by atoms with Crippen LogP contribution in [0.1, 0.15) is 42.7 Å². The maximum Gasteiger partial charge on any atom is 0.192 e. The maximum atomic E-state index is 5.89. The van der Waals surface area contributed by atoms with Crippen LogP contribution in [-0.4, -0.2) is 33.9 Å². The topological polar surface area (TPSA) is 76.4 Å². The number of halogens is 1. The van der Waals surface area contributed by atoms with E-state index >= 15 is 0 Å². The van der Waals surface area contributed by atoms with Gasteiger partial charge in [0.15, 0.2) is 11.8 Å². The van der Waals surface area contributed by atoms with Crippen LogP contribution in [-0.2, 0) is 24.9 Å². The summed E-state index contributed by atoms with van der Waals surface area (Å²) in [6, 6.07) is 20.7. The number of rotatable bonds is 10. The Morgan fingerprint density at radius 3 is 2.33 bits per heavy atom. The Bertz CT molecular complexity index is 977. The molecule has 0 radical (unpaired) electrons. The lowest BCUT2D eigenvalue weighted by Crippen LogP contribution is -2.41. The fraction of sp³-hybridized carbons (Fsp3) is 0.400. The van der Waals surface area contributed by atoms with E-state index in [1.54, 1.807) is 0 Å². The molecule has 0 spiro atoms. The lowest BCUT2D eigenvalue weighted by atomic mass is 10.1. The van der Waals surface area contributed by atoms with Gasteiger partial charge in [-0.25, -0.2) is 4.99 Å². The molecule has 1 heterocycles. The molecule has 0 fully saturated rings. The molecule has 0 bridgehead atoms. The van der Waals surface area contributed by atoms with Gasteiger partial charge in [-0.2, -0.15) is 0 Å². The highest BCUT2D eigenvalue weighted by Crippen LogP contribution is 2.11. The van der Waals surface area contributed by atoms with Crippen LogP contribution in [0.15, 0.2) is 65.7 Å². The number of guanidine groups is 1. The molecule has 0 saturated heterocycles. The summed E-state index contributed by atoms with van der Waals surface area (Å²) in [5, 5.41) is 15.3. The first kappa shape index (κ1) is 26.8. The van der Waals surface area contributed by atoms with Gasteiger partial charge in [-0.3, -0.25) is 0 Å². The van der Waals surface area contributed by atoms with E-state index in [0.29, 0.717) is 25.7 Å². The predicted octanol–water partition coefficient (Wildman–Crippen LogP) is 4.39. The third kappa shape index (κ3) is 8.77. The van der Waals surface area contributed by atoms with Gasteiger partial charge in [-0.15, -0.1) is 34.2 Å². The van der Waals surface area contributed by atoms with Crippen molar-refractivity contribution in [2.24, 2.45) is 18.0 Å². The van der Waals surface area contributed by atoms with Crippen molar-refractivity contribution in [3.05, 3.63) is 83.4 Å². The van der Waals surface area contributed by atoms with Crippen molar-refractivity contribution in [3.63, 3.8) is 0 Å². The van der Waals surface area contributed by atoms with Gasteiger partial charge < -0.3 is 19.9 Å². The number of hydrogen-bond donors (Lipinski definition) is 2. The second kappa shape index (κ2) is 13.9. The van der Waals surface area contributed by atoms with Gasteiger partial charge in [-0.05, 0) is 30.9 Å². The second-order valence-corrected chi connectivity index (χ2v) is 8.15. The zero-order chi connectivity index (χ0) is 22.8. The third-order valence-electron chi connectivity index (χ3n) is 5.35. The molecular weight excluding hydrogens is 527 g/mol. The van der Waals surface area contributed by atoms with Gasteiger partial charge in [-0.1, -0.05) is 67.6 Å². The molecule has 0 saturated carbocycles. The predicted molar refractivity (Wildman–Crippen MR) is 144 cm³/mol. The number of aliphatic imine (C=N–C) groups is 1. The van der Waals surface area contributed by atoms with E-state index in [2.05, 4.69) is 58.9 Å². The van der Waals surface area contributed by atoms with E-state index in [9.17, 15) is 0 Å². The minimum Gasteiger partial charge on any atom is -0.376 e. The summed E-state index contributed by atoms with van der Waals surface area (Å²) in [7, 11) is 1.96. The van der Waals surface area contributed by atoms with Crippen molar-refractivity contribution < 1.29 is 4.74 Å². The zero-order valence-corrected chi connectivity index (χ0v) is 22.2. The normalized spacial score (nSPS) is 13.2. The van der Waals surface area contributed by atoms with Gasteiger partial charge in [0.2, 0.25) is 0 Å². The molecule has 0 aliphatic carbocycles. The molecule has 2 N–H and O–H groups in total. The van der Waals surface area contributed by atoms with E-state index in [0.717, 1.165) is 24.2 Å². The van der Waals surface area contributed by atoms with Crippen LogP contribution in [0, 0.1) is 12.8 Å². The van der Waals surface area contributed by atoms with Crippen LogP contribution in [0.25, 0.3) is 0 Å². The average molecular weight is 563 g/mol. The van der Waals surface area contributed by atoms with Gasteiger partial charge >= 0.3 is 0 Å². The number of hydrogen-bond acceptors (Lipinski definition) is 4. The summed E-state index contributed by atoms with van der Waals surface area (Å²) in [5.74, 6) is 2.78. The van der Waals surface area contributed by atoms with Crippen LogP contribution in [0.3, 0.4) is 0 Å². The standard InChI is InChI=1S/C25H34N6O.HI/c1-19(17-32-18-22-11-7-5-8-12-22)15-26-25(27-16-24-30-29-21(3)31(24)4)28-20(2)23-13-9-6-10-14-23;/h5-14,19-20H,15-18H2,1-4H3,(H2,26,27,28);1H. The van der Waals surface area contributed by atoms with E-state index in [1.165, 1.54) is 11.1 Å². The number of ether oxygens (including phenoxy) is 1. The second-order valence-electron chi connectivity index (χ2n) is 8.15. The highest BCUT2D eigenvalue weighted by Gasteiger charge is 2.11. The first-order valence-electron chi connectivity index (χ1n) is 11.1. The van der Waals surface area contributed by atoms with Gasteiger partial charge in [0, 0.05) is 13.6 Å². The van der Waals surface area contributed by atoms with Crippen LogP contribution < -0.4 is 10.6 Å². The smallest absolute Gasteiger partial charge is 0.192 e. The molecular formula is C25H35IN6O. The Morgan fingerprint density at radius 2 is 1.70 bits per heavy atom. The van der Waals surface area contributed by atoms with Crippen molar-refractivity contribution in [3.8, 4) is 0 Å². The lowest BCUT2D eigenvalue weighted by Gasteiger charge is -2.20. The largest absolute Gasteiger partial charge is 0.376 e. The average Bonchev–Trinajstić information content (AvgIpc) is 3.14. The summed E-state index contributed by atoms with van der Waals surface area (Å²) >= 11 is 0. The highest BCUT2D eigenvalue weighted by molar-refractivity contribution is 14.0. The molecule has 0 aliphatic rings. The van der Waals surface area contributed by atoms with Crippen molar-refractivity contribution in [1.82, 2.24) is 25.4 Å². The Balaban J connectivity index is 0.00000385. The summed E-state index contributed by atoms with van der Waals surface area (Å²) in [6.07, 6.45) is 0. The van der Waals surface area contributed by atoms with E-state index in [4.69, 9.17) is 9.73 Å². The molecule has 3 aromatic rings. The van der Waals surface area contributed by atoms with Crippen molar-refractivity contribution in [2.75, 3.05) is 13.2 Å². The SMILES string of the molecule is Cc1nnc(CN=C(NCC(C)COCc2ccccc2)NC(C)c2ccccc2)n1C.I. The quantitative estimate of drug-likeness (QED) is 0.218. The first-order chi connectivity index (χ1) is 15.5. The van der Waals surface area contributed by atoms with E-state index in [-0.39, 0.29) is 30.0 Å². The molecule has 2 aromatic carbocycles. The first-order valence-corrected chi connectivity index (χ1v) is 11.1. The van der Waals surface area contributed by atoms with Crippen molar-refractivity contribution in [1.29, 1.82) is 0 Å². The molecule has 2 unspecified atom stereocenters. The van der Waals surface area contributed by atoms with Gasteiger partial charge in [0.05, 0.1) is 19.3 Å². The Kier molecular flexibility index (Phi) is 11.3. The Morgan fingerprint density at radius 1 is 1.03 bits per heavy atom. The number of benzene rings is 2. The summed E-state index contributed by atoms with van der Waals surface area (Å²) in [5.41, 5.74) is 2.39. The summed E-state index contributed by atoms with van der Waals surface area (Å²) in [6.45, 7) is 8.74. The van der Waals surface area contributed by atoms with E-state index < -0.39 is 0 Å². The molecule has 7 nitrogen and oxygen atoms in total. The van der Waals surface area contributed by atoms with Crippen LogP contribution in [0.2, 0.25) is 0 Å². The highest BCUT2D eigenvalue weighted by atomic mass is 127. The maximum absolute atomic E-state index is 5.89. The van der Waals surface area contributed by atoms with Crippen LogP contribution >= 0.6 is 24.0 Å². The summed E-state index contributed by atoms with van der Waals surface area (Å²) < 4.78 is 7.85.